The average molecular weight is 247 g/mol. The first-order chi connectivity index (χ1) is 8.48. The van der Waals surface area contributed by atoms with Gasteiger partial charge in [0, 0.05) is 18.3 Å². The van der Waals surface area contributed by atoms with Crippen molar-refractivity contribution >= 4 is 11.6 Å². The summed E-state index contributed by atoms with van der Waals surface area (Å²) in [4.78, 5) is 13.9. The highest BCUT2D eigenvalue weighted by molar-refractivity contribution is 5.85. The van der Waals surface area contributed by atoms with Crippen LogP contribution in [0, 0.1) is 0 Å². The van der Waals surface area contributed by atoms with E-state index in [1.165, 1.54) is 11.3 Å². The van der Waals surface area contributed by atoms with E-state index in [0.29, 0.717) is 12.6 Å². The third-order valence-corrected chi connectivity index (χ3v) is 3.93. The van der Waals surface area contributed by atoms with Gasteiger partial charge in [0.15, 0.2) is 0 Å². The molecule has 0 spiro atoms. The van der Waals surface area contributed by atoms with Crippen LogP contribution in [0.15, 0.2) is 24.3 Å². The van der Waals surface area contributed by atoms with Gasteiger partial charge in [-0.05, 0) is 38.9 Å². The van der Waals surface area contributed by atoms with E-state index in [1.807, 2.05) is 13.0 Å². The summed E-state index contributed by atoms with van der Waals surface area (Å²) in [7, 11) is 1.78. The number of nitrogens with zero attached hydrogens (tertiary/aromatic N) is 1. The van der Waals surface area contributed by atoms with Crippen LogP contribution in [0.1, 0.15) is 19.4 Å². The monoisotopic (exact) mass is 247 g/mol. The molecule has 0 saturated heterocycles. The molecule has 0 bridgehead atoms. The van der Waals surface area contributed by atoms with E-state index >= 15 is 0 Å². The van der Waals surface area contributed by atoms with Gasteiger partial charge >= 0.3 is 0 Å². The minimum atomic E-state index is -0.703. The average Bonchev–Trinajstić information content (AvgIpc) is 2.65. The molecule has 0 saturated carbocycles. The van der Waals surface area contributed by atoms with Gasteiger partial charge in [0.25, 0.3) is 0 Å². The number of nitrogens with one attached hydrogen (secondary N) is 1. The number of rotatable bonds is 4. The van der Waals surface area contributed by atoms with Crippen molar-refractivity contribution in [1.29, 1.82) is 0 Å². The number of carbonyl (C=O) groups excluding carboxylic acids is 1. The smallest absolute Gasteiger partial charge is 0.239 e. The predicted octanol–water partition coefficient (Wildman–Crippen LogP) is 0.901. The Morgan fingerprint density at radius 2 is 2.22 bits per heavy atom. The molecule has 1 aromatic carbocycles. The molecule has 18 heavy (non-hydrogen) atoms. The van der Waals surface area contributed by atoms with Crippen molar-refractivity contribution in [2.75, 3.05) is 18.5 Å². The second kappa shape index (κ2) is 4.61. The summed E-state index contributed by atoms with van der Waals surface area (Å²) in [6, 6.07) is 8.74. The summed E-state index contributed by atoms with van der Waals surface area (Å²) in [5, 5.41) is 3.04. The van der Waals surface area contributed by atoms with E-state index in [-0.39, 0.29) is 5.91 Å². The molecule has 1 aliphatic rings. The number of amides is 1. The Morgan fingerprint density at radius 3 is 2.83 bits per heavy atom. The van der Waals surface area contributed by atoms with Crippen LogP contribution in [-0.4, -0.2) is 31.1 Å². The molecule has 2 rings (SSSR count). The highest BCUT2D eigenvalue weighted by Crippen LogP contribution is 2.32. The lowest BCUT2D eigenvalue weighted by Gasteiger charge is -2.34. The van der Waals surface area contributed by atoms with E-state index in [9.17, 15) is 4.79 Å². The van der Waals surface area contributed by atoms with E-state index < -0.39 is 5.54 Å². The number of carbonyl (C=O) groups is 1. The maximum absolute atomic E-state index is 11.6. The maximum atomic E-state index is 11.6. The largest absolute Gasteiger partial charge is 0.368 e. The molecule has 1 heterocycles. The molecule has 1 amide bonds. The fourth-order valence-corrected chi connectivity index (χ4v) is 2.49. The molecule has 0 fully saturated rings. The van der Waals surface area contributed by atoms with Gasteiger partial charge in [-0.25, -0.2) is 0 Å². The molecule has 98 valence electrons. The number of fused-ring (bicyclic) bond motifs is 1. The van der Waals surface area contributed by atoms with Gasteiger partial charge in [0.1, 0.15) is 5.54 Å². The van der Waals surface area contributed by atoms with Crippen LogP contribution in [0.3, 0.4) is 0 Å². The van der Waals surface area contributed by atoms with Gasteiger partial charge in [-0.2, -0.15) is 0 Å². The molecule has 2 unspecified atom stereocenters. The highest BCUT2D eigenvalue weighted by atomic mass is 16.1. The maximum Gasteiger partial charge on any atom is 0.239 e. The number of hydrogen-bond acceptors (Lipinski definition) is 3. The fourth-order valence-electron chi connectivity index (χ4n) is 2.49. The molecule has 1 aromatic rings. The second-order valence-electron chi connectivity index (χ2n) is 5.26. The molecule has 3 N–H and O–H groups in total. The Morgan fingerprint density at radius 1 is 1.56 bits per heavy atom. The van der Waals surface area contributed by atoms with Crippen LogP contribution in [-0.2, 0) is 11.2 Å². The number of likely N-dealkylation sites (N-methyl/N-ethyl adjacent to an activating group) is 1. The van der Waals surface area contributed by atoms with Gasteiger partial charge < -0.3 is 16.0 Å². The molecule has 0 aliphatic carbocycles. The fraction of sp³-hybridized carbons (Fsp3) is 0.500. The van der Waals surface area contributed by atoms with Crippen LogP contribution >= 0.6 is 0 Å². The van der Waals surface area contributed by atoms with E-state index in [4.69, 9.17) is 5.73 Å². The SMILES string of the molecule is CNC(C)(CN1c2ccccc2CC1C)C(N)=O. The van der Waals surface area contributed by atoms with Crippen LogP contribution in [0.4, 0.5) is 5.69 Å². The summed E-state index contributed by atoms with van der Waals surface area (Å²) in [6.07, 6.45) is 1.02. The van der Waals surface area contributed by atoms with Crippen molar-refractivity contribution in [1.82, 2.24) is 5.32 Å². The molecule has 2 atom stereocenters. The number of hydrogen-bond donors (Lipinski definition) is 2. The van der Waals surface area contributed by atoms with Gasteiger partial charge in [0.2, 0.25) is 5.91 Å². The van der Waals surface area contributed by atoms with Crippen molar-refractivity contribution < 1.29 is 4.79 Å². The first kappa shape index (κ1) is 12.9. The Bertz CT molecular complexity index is 460. The van der Waals surface area contributed by atoms with E-state index in [1.54, 1.807) is 7.05 Å². The second-order valence-corrected chi connectivity index (χ2v) is 5.26. The Hall–Kier alpha value is -1.55. The van der Waals surface area contributed by atoms with Gasteiger partial charge in [-0.3, -0.25) is 4.79 Å². The van der Waals surface area contributed by atoms with Crippen molar-refractivity contribution in [2.24, 2.45) is 5.73 Å². The number of para-hydroxylation sites is 1. The number of anilines is 1. The minimum Gasteiger partial charge on any atom is -0.368 e. The Kier molecular flexibility index (Phi) is 3.30. The summed E-state index contributed by atoms with van der Waals surface area (Å²) >= 11 is 0. The summed E-state index contributed by atoms with van der Waals surface area (Å²) < 4.78 is 0. The van der Waals surface area contributed by atoms with Crippen molar-refractivity contribution in [3.05, 3.63) is 29.8 Å². The first-order valence-corrected chi connectivity index (χ1v) is 6.31. The lowest BCUT2D eigenvalue weighted by Crippen LogP contribution is -2.59. The third-order valence-electron chi connectivity index (χ3n) is 3.93. The standard InChI is InChI=1S/C14H21N3O/c1-10-8-11-6-4-5-7-12(11)17(10)9-14(2,16-3)13(15)18/h4-7,10,16H,8-9H2,1-3H3,(H2,15,18). The van der Waals surface area contributed by atoms with E-state index in [0.717, 1.165) is 6.42 Å². The van der Waals surface area contributed by atoms with Gasteiger partial charge in [0.05, 0.1) is 0 Å². The Labute approximate surface area is 108 Å². The first-order valence-electron chi connectivity index (χ1n) is 6.31. The minimum absolute atomic E-state index is 0.318. The van der Waals surface area contributed by atoms with Crippen molar-refractivity contribution in [2.45, 2.75) is 31.8 Å². The van der Waals surface area contributed by atoms with Crippen LogP contribution in [0.5, 0.6) is 0 Å². The molecular formula is C14H21N3O. The zero-order valence-corrected chi connectivity index (χ0v) is 11.2. The summed E-state index contributed by atoms with van der Waals surface area (Å²) in [6.45, 7) is 4.62. The lowest BCUT2D eigenvalue weighted by atomic mass is 10.0. The zero-order chi connectivity index (χ0) is 13.3. The molecule has 0 radical (unpaired) electrons. The van der Waals surface area contributed by atoms with E-state index in [2.05, 4.69) is 35.3 Å². The highest BCUT2D eigenvalue weighted by Gasteiger charge is 2.36. The predicted molar refractivity (Wildman–Crippen MR) is 73.6 cm³/mol. The number of nitrogens with two attached hydrogens (primary N) is 1. The zero-order valence-electron chi connectivity index (χ0n) is 11.2. The van der Waals surface area contributed by atoms with Crippen LogP contribution in [0.2, 0.25) is 0 Å². The molecular weight excluding hydrogens is 226 g/mol. The van der Waals surface area contributed by atoms with Crippen molar-refractivity contribution in [3.63, 3.8) is 0 Å². The lowest BCUT2D eigenvalue weighted by molar-refractivity contribution is -0.123. The normalized spacial score (nSPS) is 21.5. The molecule has 4 nitrogen and oxygen atoms in total. The molecule has 4 heteroatoms. The summed E-state index contributed by atoms with van der Waals surface area (Å²) in [5.74, 6) is -0.318. The van der Waals surface area contributed by atoms with Crippen LogP contribution in [0.25, 0.3) is 0 Å². The van der Waals surface area contributed by atoms with Crippen LogP contribution < -0.4 is 16.0 Å². The number of primary amides is 1. The van der Waals surface area contributed by atoms with Crippen molar-refractivity contribution in [3.8, 4) is 0 Å². The van der Waals surface area contributed by atoms with Gasteiger partial charge in [-0.1, -0.05) is 18.2 Å². The Balaban J connectivity index is 2.27. The molecule has 0 aromatic heterocycles. The number of benzene rings is 1. The third kappa shape index (κ3) is 2.08. The van der Waals surface area contributed by atoms with Gasteiger partial charge in [-0.15, -0.1) is 0 Å². The quantitative estimate of drug-likeness (QED) is 0.831. The topological polar surface area (TPSA) is 58.4 Å². The summed E-state index contributed by atoms with van der Waals surface area (Å²) in [5.41, 5.74) is 7.35. The molecule has 1 aliphatic heterocycles.